The standard InChI is InChI=1S/C18H19BrO/c1-12-9-14(11-15(19)10-12)18(20)17-8-3-2-7-16(17)13-5-4-6-13/h2-3,7-11,13,18,20H,4-6H2,1H3. The van der Waals surface area contributed by atoms with Gasteiger partial charge in [-0.2, -0.15) is 0 Å². The Kier molecular flexibility index (Phi) is 3.95. The van der Waals surface area contributed by atoms with Gasteiger partial charge in [-0.1, -0.05) is 52.7 Å². The van der Waals surface area contributed by atoms with E-state index in [1.807, 2.05) is 12.1 Å². The minimum absolute atomic E-state index is 0.539. The number of halogens is 1. The Balaban J connectivity index is 1.99. The molecule has 1 aliphatic carbocycles. The van der Waals surface area contributed by atoms with Crippen LogP contribution in [-0.2, 0) is 0 Å². The lowest BCUT2D eigenvalue weighted by Gasteiger charge is -2.29. The monoisotopic (exact) mass is 330 g/mol. The quantitative estimate of drug-likeness (QED) is 0.829. The first-order chi connectivity index (χ1) is 9.65. The largest absolute Gasteiger partial charge is 0.384 e. The van der Waals surface area contributed by atoms with Crippen LogP contribution in [0.5, 0.6) is 0 Å². The summed E-state index contributed by atoms with van der Waals surface area (Å²) < 4.78 is 1.02. The SMILES string of the molecule is Cc1cc(Br)cc(C(O)c2ccccc2C2CCC2)c1. The highest BCUT2D eigenvalue weighted by atomic mass is 79.9. The van der Waals surface area contributed by atoms with Crippen LogP contribution in [-0.4, -0.2) is 5.11 Å². The van der Waals surface area contributed by atoms with Gasteiger partial charge in [0.25, 0.3) is 0 Å². The van der Waals surface area contributed by atoms with E-state index in [9.17, 15) is 5.11 Å². The van der Waals surface area contributed by atoms with E-state index in [0.29, 0.717) is 5.92 Å². The van der Waals surface area contributed by atoms with Crippen LogP contribution in [0.4, 0.5) is 0 Å². The summed E-state index contributed by atoms with van der Waals surface area (Å²) in [4.78, 5) is 0. The van der Waals surface area contributed by atoms with Gasteiger partial charge >= 0.3 is 0 Å². The average Bonchev–Trinajstić information content (AvgIpc) is 2.35. The molecular formula is C18H19BrO. The Morgan fingerprint density at radius 1 is 1.15 bits per heavy atom. The molecule has 104 valence electrons. The van der Waals surface area contributed by atoms with E-state index >= 15 is 0 Å². The fourth-order valence-corrected chi connectivity index (χ4v) is 3.58. The summed E-state index contributed by atoms with van der Waals surface area (Å²) in [6.07, 6.45) is 3.27. The highest BCUT2D eigenvalue weighted by Gasteiger charge is 2.24. The highest BCUT2D eigenvalue weighted by Crippen LogP contribution is 2.40. The van der Waals surface area contributed by atoms with Crippen LogP contribution in [0.3, 0.4) is 0 Å². The van der Waals surface area contributed by atoms with Gasteiger partial charge in [-0.05, 0) is 60.1 Å². The van der Waals surface area contributed by atoms with E-state index in [2.05, 4.69) is 53.2 Å². The molecule has 0 aromatic heterocycles. The summed E-state index contributed by atoms with van der Waals surface area (Å²) in [6, 6.07) is 14.5. The molecule has 0 heterocycles. The van der Waals surface area contributed by atoms with Gasteiger partial charge in [0.05, 0.1) is 0 Å². The van der Waals surface area contributed by atoms with Crippen molar-refractivity contribution in [3.05, 3.63) is 69.2 Å². The molecule has 0 saturated heterocycles. The van der Waals surface area contributed by atoms with Crippen molar-refractivity contribution in [2.75, 3.05) is 0 Å². The van der Waals surface area contributed by atoms with Crippen molar-refractivity contribution in [1.29, 1.82) is 0 Å². The number of aliphatic hydroxyl groups excluding tert-OH is 1. The lowest BCUT2D eigenvalue weighted by Crippen LogP contribution is -2.13. The molecular weight excluding hydrogens is 312 g/mol. The van der Waals surface area contributed by atoms with Crippen LogP contribution in [0.2, 0.25) is 0 Å². The molecule has 2 aromatic carbocycles. The highest BCUT2D eigenvalue weighted by molar-refractivity contribution is 9.10. The molecule has 1 aliphatic rings. The Bertz CT molecular complexity index is 596. The molecule has 1 nitrogen and oxygen atoms in total. The molecule has 1 fully saturated rings. The number of aryl methyl sites for hydroxylation is 1. The molecule has 3 rings (SSSR count). The van der Waals surface area contributed by atoms with Crippen molar-refractivity contribution in [2.24, 2.45) is 0 Å². The van der Waals surface area contributed by atoms with E-state index < -0.39 is 6.10 Å². The van der Waals surface area contributed by atoms with Gasteiger partial charge in [-0.15, -0.1) is 0 Å². The summed E-state index contributed by atoms with van der Waals surface area (Å²) in [5.41, 5.74) is 4.51. The van der Waals surface area contributed by atoms with Crippen molar-refractivity contribution in [1.82, 2.24) is 0 Å². The van der Waals surface area contributed by atoms with Crippen LogP contribution in [0, 0.1) is 6.92 Å². The molecule has 0 spiro atoms. The Morgan fingerprint density at radius 2 is 1.90 bits per heavy atom. The maximum atomic E-state index is 10.8. The molecule has 0 bridgehead atoms. The molecule has 0 radical (unpaired) electrons. The minimum atomic E-state index is -0.539. The Labute approximate surface area is 128 Å². The normalized spacial score (nSPS) is 16.8. The van der Waals surface area contributed by atoms with Crippen LogP contribution >= 0.6 is 15.9 Å². The van der Waals surface area contributed by atoms with E-state index in [1.165, 1.54) is 24.8 Å². The molecule has 20 heavy (non-hydrogen) atoms. The summed E-state index contributed by atoms with van der Waals surface area (Å²) in [5, 5.41) is 10.8. The predicted octanol–water partition coefficient (Wildman–Crippen LogP) is 5.11. The van der Waals surface area contributed by atoms with Gasteiger partial charge in [0.2, 0.25) is 0 Å². The zero-order chi connectivity index (χ0) is 14.1. The minimum Gasteiger partial charge on any atom is -0.384 e. The van der Waals surface area contributed by atoms with Crippen molar-refractivity contribution < 1.29 is 5.11 Å². The second-order valence-corrected chi connectivity index (χ2v) is 6.64. The third-order valence-corrected chi connectivity index (χ3v) is 4.67. The first-order valence-electron chi connectivity index (χ1n) is 7.19. The van der Waals surface area contributed by atoms with Crippen LogP contribution in [0.25, 0.3) is 0 Å². The maximum Gasteiger partial charge on any atom is 0.104 e. The molecule has 1 N–H and O–H groups in total. The topological polar surface area (TPSA) is 20.2 Å². The van der Waals surface area contributed by atoms with Crippen LogP contribution in [0.1, 0.15) is 53.5 Å². The van der Waals surface area contributed by atoms with Gasteiger partial charge in [-0.3, -0.25) is 0 Å². The van der Waals surface area contributed by atoms with Gasteiger partial charge in [0.1, 0.15) is 6.10 Å². The average molecular weight is 331 g/mol. The van der Waals surface area contributed by atoms with Gasteiger partial charge < -0.3 is 5.11 Å². The van der Waals surface area contributed by atoms with Crippen molar-refractivity contribution in [3.8, 4) is 0 Å². The van der Waals surface area contributed by atoms with Crippen molar-refractivity contribution in [2.45, 2.75) is 38.2 Å². The molecule has 1 saturated carbocycles. The Morgan fingerprint density at radius 3 is 2.55 bits per heavy atom. The first-order valence-corrected chi connectivity index (χ1v) is 7.98. The molecule has 0 amide bonds. The zero-order valence-electron chi connectivity index (χ0n) is 11.6. The number of aliphatic hydroxyl groups is 1. The summed E-state index contributed by atoms with van der Waals surface area (Å²) in [5.74, 6) is 0.633. The smallest absolute Gasteiger partial charge is 0.104 e. The molecule has 2 heteroatoms. The number of benzene rings is 2. The van der Waals surface area contributed by atoms with E-state index in [-0.39, 0.29) is 0 Å². The van der Waals surface area contributed by atoms with Crippen molar-refractivity contribution in [3.63, 3.8) is 0 Å². The zero-order valence-corrected chi connectivity index (χ0v) is 13.2. The maximum absolute atomic E-state index is 10.8. The van der Waals surface area contributed by atoms with Crippen LogP contribution in [0.15, 0.2) is 46.9 Å². The fraction of sp³-hybridized carbons (Fsp3) is 0.333. The third-order valence-electron chi connectivity index (χ3n) is 4.22. The number of hydrogen-bond acceptors (Lipinski definition) is 1. The lowest BCUT2D eigenvalue weighted by molar-refractivity contribution is 0.217. The summed E-state index contributed by atoms with van der Waals surface area (Å²) in [6.45, 7) is 2.05. The third kappa shape index (κ3) is 2.68. The van der Waals surface area contributed by atoms with Gasteiger partial charge in [-0.25, -0.2) is 0 Å². The molecule has 1 atom stereocenters. The van der Waals surface area contributed by atoms with E-state index in [4.69, 9.17) is 0 Å². The predicted molar refractivity (Wildman–Crippen MR) is 86.0 cm³/mol. The van der Waals surface area contributed by atoms with E-state index in [0.717, 1.165) is 21.2 Å². The summed E-state index contributed by atoms with van der Waals surface area (Å²) >= 11 is 3.52. The van der Waals surface area contributed by atoms with Crippen molar-refractivity contribution >= 4 is 15.9 Å². The number of rotatable bonds is 3. The van der Waals surface area contributed by atoms with Crippen LogP contribution < -0.4 is 0 Å². The lowest BCUT2D eigenvalue weighted by atomic mass is 9.77. The van der Waals surface area contributed by atoms with E-state index in [1.54, 1.807) is 0 Å². The van der Waals surface area contributed by atoms with Gasteiger partial charge in [0.15, 0.2) is 0 Å². The molecule has 1 unspecified atom stereocenters. The Hall–Kier alpha value is -1.12. The molecule has 0 aliphatic heterocycles. The second-order valence-electron chi connectivity index (χ2n) is 5.72. The molecule has 2 aromatic rings. The summed E-state index contributed by atoms with van der Waals surface area (Å²) in [7, 11) is 0. The second kappa shape index (κ2) is 5.71. The number of hydrogen-bond donors (Lipinski definition) is 1. The fourth-order valence-electron chi connectivity index (χ4n) is 2.95. The first kappa shape index (κ1) is 13.8. The van der Waals surface area contributed by atoms with Gasteiger partial charge in [0, 0.05) is 4.47 Å².